The first-order valence-corrected chi connectivity index (χ1v) is 3.61. The minimum atomic E-state index is -0.436. The molecule has 4 heteroatoms. The molecule has 0 aromatic rings. The van der Waals surface area contributed by atoms with Crippen LogP contribution in [0.3, 0.4) is 0 Å². The van der Waals surface area contributed by atoms with Crippen LogP contribution in [0.25, 0.3) is 0 Å². The summed E-state index contributed by atoms with van der Waals surface area (Å²) in [6.45, 7) is 0.410. The Morgan fingerprint density at radius 2 is 2.36 bits per heavy atom. The molecular formula is C7H11NO3. The van der Waals surface area contributed by atoms with Crippen molar-refractivity contribution in [2.45, 2.75) is 31.4 Å². The zero-order valence-electron chi connectivity index (χ0n) is 6.16. The minimum Gasteiger partial charge on any atom is -0.464 e. The maximum Gasteiger partial charge on any atom is 0.293 e. The van der Waals surface area contributed by atoms with E-state index in [0.29, 0.717) is 25.7 Å². The van der Waals surface area contributed by atoms with Gasteiger partial charge in [-0.3, -0.25) is 9.59 Å². The summed E-state index contributed by atoms with van der Waals surface area (Å²) in [7, 11) is 0. The fourth-order valence-electron chi connectivity index (χ4n) is 1.22. The number of carbonyl (C=O) groups is 2. The second-order valence-corrected chi connectivity index (χ2v) is 2.70. The van der Waals surface area contributed by atoms with Gasteiger partial charge in [0.05, 0.1) is 6.04 Å². The highest BCUT2D eigenvalue weighted by atomic mass is 16.5. The molecule has 1 aliphatic rings. The van der Waals surface area contributed by atoms with Gasteiger partial charge in [0.15, 0.2) is 0 Å². The highest BCUT2D eigenvalue weighted by Gasteiger charge is 2.26. The fraction of sp³-hybridized carbons (Fsp3) is 0.714. The van der Waals surface area contributed by atoms with Gasteiger partial charge in [0.25, 0.3) is 6.47 Å². The summed E-state index contributed by atoms with van der Waals surface area (Å²) in [5.74, 6) is 0.0655. The van der Waals surface area contributed by atoms with Crippen molar-refractivity contribution in [2.75, 3.05) is 0 Å². The van der Waals surface area contributed by atoms with Gasteiger partial charge < -0.3 is 10.5 Å². The van der Waals surface area contributed by atoms with Gasteiger partial charge in [-0.2, -0.15) is 0 Å². The lowest BCUT2D eigenvalue weighted by Crippen LogP contribution is -2.39. The van der Waals surface area contributed by atoms with Crippen molar-refractivity contribution < 1.29 is 14.3 Å². The van der Waals surface area contributed by atoms with E-state index in [0.717, 1.165) is 0 Å². The molecule has 0 aliphatic heterocycles. The number of ketones is 1. The van der Waals surface area contributed by atoms with Crippen molar-refractivity contribution >= 4 is 12.3 Å². The quantitative estimate of drug-likeness (QED) is 0.554. The van der Waals surface area contributed by atoms with Gasteiger partial charge in [-0.25, -0.2) is 0 Å². The molecule has 62 valence electrons. The second kappa shape index (κ2) is 3.48. The first-order valence-electron chi connectivity index (χ1n) is 3.61. The van der Waals surface area contributed by atoms with E-state index in [1.54, 1.807) is 0 Å². The molecule has 0 saturated heterocycles. The topological polar surface area (TPSA) is 69.4 Å². The molecule has 1 saturated carbocycles. The van der Waals surface area contributed by atoms with Gasteiger partial charge in [-0.1, -0.05) is 0 Å². The van der Waals surface area contributed by atoms with E-state index < -0.39 is 6.04 Å². The van der Waals surface area contributed by atoms with Crippen LogP contribution < -0.4 is 5.73 Å². The van der Waals surface area contributed by atoms with Crippen molar-refractivity contribution in [1.29, 1.82) is 0 Å². The van der Waals surface area contributed by atoms with E-state index >= 15 is 0 Å². The third kappa shape index (κ3) is 2.01. The standard InChI is InChI=1S/C7H11NO3/c8-6-3-5(11-4-9)1-2-7(6)10/h4-6H,1-3,8H2. The highest BCUT2D eigenvalue weighted by Crippen LogP contribution is 2.16. The van der Waals surface area contributed by atoms with Crippen LogP contribution in [-0.2, 0) is 14.3 Å². The number of hydrogen-bond donors (Lipinski definition) is 1. The van der Waals surface area contributed by atoms with Crippen LogP contribution in [0.5, 0.6) is 0 Å². The third-order valence-electron chi connectivity index (χ3n) is 1.89. The van der Waals surface area contributed by atoms with Gasteiger partial charge in [-0.05, 0) is 6.42 Å². The zero-order valence-corrected chi connectivity index (χ0v) is 6.16. The summed E-state index contributed by atoms with van der Waals surface area (Å²) in [5.41, 5.74) is 5.45. The highest BCUT2D eigenvalue weighted by molar-refractivity contribution is 5.84. The van der Waals surface area contributed by atoms with E-state index in [-0.39, 0.29) is 11.9 Å². The van der Waals surface area contributed by atoms with Crippen molar-refractivity contribution in [2.24, 2.45) is 5.73 Å². The Labute approximate surface area is 64.7 Å². The van der Waals surface area contributed by atoms with Crippen LogP contribution in [0.1, 0.15) is 19.3 Å². The Balaban J connectivity index is 2.39. The van der Waals surface area contributed by atoms with Crippen molar-refractivity contribution in [3.8, 4) is 0 Å². The Kier molecular flexibility index (Phi) is 2.59. The summed E-state index contributed by atoms with van der Waals surface area (Å²) in [6, 6.07) is -0.436. The molecule has 0 spiro atoms. The normalized spacial score (nSPS) is 31.5. The Morgan fingerprint density at radius 3 is 2.91 bits per heavy atom. The van der Waals surface area contributed by atoms with Crippen LogP contribution in [0.15, 0.2) is 0 Å². The van der Waals surface area contributed by atoms with E-state index in [4.69, 9.17) is 5.73 Å². The van der Waals surface area contributed by atoms with Crippen molar-refractivity contribution in [1.82, 2.24) is 0 Å². The zero-order chi connectivity index (χ0) is 8.27. The lowest BCUT2D eigenvalue weighted by atomic mass is 9.92. The average Bonchev–Trinajstić information content (AvgIpc) is 1.98. The molecular weight excluding hydrogens is 146 g/mol. The summed E-state index contributed by atoms with van der Waals surface area (Å²) in [6.07, 6.45) is 1.36. The van der Waals surface area contributed by atoms with E-state index in [1.807, 2.05) is 0 Å². The molecule has 4 nitrogen and oxygen atoms in total. The van der Waals surface area contributed by atoms with Crippen LogP contribution in [0.2, 0.25) is 0 Å². The predicted molar refractivity (Wildman–Crippen MR) is 37.8 cm³/mol. The van der Waals surface area contributed by atoms with Gasteiger partial charge in [0.1, 0.15) is 11.9 Å². The molecule has 2 N–H and O–H groups in total. The molecule has 1 aliphatic carbocycles. The van der Waals surface area contributed by atoms with Crippen LogP contribution >= 0.6 is 0 Å². The molecule has 0 aromatic carbocycles. The molecule has 0 bridgehead atoms. The third-order valence-corrected chi connectivity index (χ3v) is 1.89. The first kappa shape index (κ1) is 8.20. The van der Waals surface area contributed by atoms with E-state index in [9.17, 15) is 9.59 Å². The van der Waals surface area contributed by atoms with Crippen molar-refractivity contribution in [3.05, 3.63) is 0 Å². The maximum atomic E-state index is 10.9. The second-order valence-electron chi connectivity index (χ2n) is 2.70. The maximum absolute atomic E-state index is 10.9. The smallest absolute Gasteiger partial charge is 0.293 e. The average molecular weight is 157 g/mol. The van der Waals surface area contributed by atoms with Gasteiger partial charge in [-0.15, -0.1) is 0 Å². The summed E-state index contributed by atoms with van der Waals surface area (Å²) in [4.78, 5) is 20.8. The molecule has 0 amide bonds. The largest absolute Gasteiger partial charge is 0.464 e. The van der Waals surface area contributed by atoms with Gasteiger partial charge in [0.2, 0.25) is 0 Å². The predicted octanol–water partition coefficient (Wildman–Crippen LogP) is -0.392. The Bertz CT molecular complexity index is 169. The number of carbonyl (C=O) groups excluding carboxylic acids is 2. The molecule has 1 rings (SSSR count). The number of Topliss-reactive ketones (excluding diaryl/α,β-unsaturated/α-hetero) is 1. The summed E-state index contributed by atoms with van der Waals surface area (Å²) in [5, 5.41) is 0. The number of ether oxygens (including phenoxy) is 1. The molecule has 0 aromatic heterocycles. The van der Waals surface area contributed by atoms with E-state index in [2.05, 4.69) is 4.74 Å². The fourth-order valence-corrected chi connectivity index (χ4v) is 1.22. The number of hydrogen-bond acceptors (Lipinski definition) is 4. The number of nitrogens with two attached hydrogens (primary N) is 1. The summed E-state index contributed by atoms with van der Waals surface area (Å²) < 4.78 is 4.69. The number of rotatable bonds is 2. The van der Waals surface area contributed by atoms with Gasteiger partial charge in [0, 0.05) is 12.8 Å². The van der Waals surface area contributed by atoms with E-state index in [1.165, 1.54) is 0 Å². The molecule has 0 radical (unpaired) electrons. The van der Waals surface area contributed by atoms with Crippen molar-refractivity contribution in [3.63, 3.8) is 0 Å². The van der Waals surface area contributed by atoms with Gasteiger partial charge >= 0.3 is 0 Å². The molecule has 11 heavy (non-hydrogen) atoms. The first-order chi connectivity index (χ1) is 5.24. The lowest BCUT2D eigenvalue weighted by Gasteiger charge is -2.23. The SMILES string of the molecule is NC1CC(OC=O)CCC1=O. The van der Waals surface area contributed by atoms with Crippen LogP contribution in [0, 0.1) is 0 Å². The van der Waals surface area contributed by atoms with Crippen LogP contribution in [0.4, 0.5) is 0 Å². The molecule has 2 atom stereocenters. The Hall–Kier alpha value is -0.900. The molecule has 1 fully saturated rings. The molecule has 0 heterocycles. The lowest BCUT2D eigenvalue weighted by molar-refractivity contribution is -0.138. The summed E-state index contributed by atoms with van der Waals surface area (Å²) >= 11 is 0. The monoisotopic (exact) mass is 157 g/mol. The minimum absolute atomic E-state index is 0.0655. The Morgan fingerprint density at radius 1 is 1.64 bits per heavy atom. The van der Waals surface area contributed by atoms with Crippen LogP contribution in [-0.4, -0.2) is 24.4 Å². The molecule has 2 unspecified atom stereocenters.